The maximum atomic E-state index is 5.42. The molecule has 3 heterocycles. The van der Waals surface area contributed by atoms with E-state index in [-0.39, 0.29) is 0 Å². The van der Waals surface area contributed by atoms with Gasteiger partial charge in [0.05, 0.1) is 26.0 Å². The minimum atomic E-state index is 0.483. The van der Waals surface area contributed by atoms with E-state index in [1.165, 1.54) is 18.5 Å². The molecule has 2 aromatic heterocycles. The van der Waals surface area contributed by atoms with E-state index in [9.17, 15) is 0 Å². The highest BCUT2D eigenvalue weighted by atomic mass is 32.1. The summed E-state index contributed by atoms with van der Waals surface area (Å²) in [5, 5.41) is 3.19. The molecule has 1 saturated heterocycles. The van der Waals surface area contributed by atoms with Crippen molar-refractivity contribution in [2.24, 2.45) is 7.05 Å². The normalized spacial score (nSPS) is 17.4. The van der Waals surface area contributed by atoms with Crippen molar-refractivity contribution in [2.75, 3.05) is 20.8 Å². The predicted molar refractivity (Wildman–Crippen MR) is 108 cm³/mol. The van der Waals surface area contributed by atoms with Crippen LogP contribution in [0.1, 0.15) is 30.3 Å². The molecule has 142 valence electrons. The highest BCUT2D eigenvalue weighted by Gasteiger charge is 2.28. The number of aryl methyl sites for hydroxylation is 1. The summed E-state index contributed by atoms with van der Waals surface area (Å²) in [5.41, 5.74) is 3.58. The number of hydrogen-bond acceptors (Lipinski definition) is 5. The molecule has 3 aromatic rings. The molecule has 0 amide bonds. The van der Waals surface area contributed by atoms with Crippen LogP contribution in [0.5, 0.6) is 11.5 Å². The van der Waals surface area contributed by atoms with Gasteiger partial charge in [0, 0.05) is 36.4 Å². The van der Waals surface area contributed by atoms with Gasteiger partial charge in [-0.05, 0) is 49.7 Å². The fraction of sp³-hybridized carbons (Fsp3) is 0.381. The summed E-state index contributed by atoms with van der Waals surface area (Å²) in [6.07, 6.45) is 4.58. The molecule has 1 fully saturated rings. The molecule has 5 nitrogen and oxygen atoms in total. The van der Waals surface area contributed by atoms with Crippen molar-refractivity contribution in [1.29, 1.82) is 0 Å². The molecule has 0 spiro atoms. The number of methoxy groups -OCH3 is 2. The van der Waals surface area contributed by atoms with E-state index >= 15 is 0 Å². The van der Waals surface area contributed by atoms with Crippen molar-refractivity contribution in [2.45, 2.75) is 25.4 Å². The van der Waals surface area contributed by atoms with Crippen molar-refractivity contribution < 1.29 is 9.47 Å². The van der Waals surface area contributed by atoms with Crippen LogP contribution < -0.4 is 9.47 Å². The van der Waals surface area contributed by atoms with Gasteiger partial charge in [0.2, 0.25) is 0 Å². The molecule has 1 aliphatic rings. The Morgan fingerprint density at radius 3 is 2.78 bits per heavy atom. The summed E-state index contributed by atoms with van der Waals surface area (Å²) in [6.45, 7) is 2.01. The summed E-state index contributed by atoms with van der Waals surface area (Å²) >= 11 is 1.68. The maximum Gasteiger partial charge on any atom is 0.161 e. The van der Waals surface area contributed by atoms with Gasteiger partial charge in [-0.25, -0.2) is 4.98 Å². The molecule has 6 heteroatoms. The van der Waals surface area contributed by atoms with Gasteiger partial charge in [-0.1, -0.05) is 0 Å². The van der Waals surface area contributed by atoms with Crippen LogP contribution in [0.3, 0.4) is 0 Å². The number of benzene rings is 1. The van der Waals surface area contributed by atoms with Crippen molar-refractivity contribution >= 4 is 11.3 Å². The zero-order valence-electron chi connectivity index (χ0n) is 16.0. The predicted octanol–water partition coefficient (Wildman–Crippen LogP) is 4.50. The van der Waals surface area contributed by atoms with Crippen molar-refractivity contribution in [1.82, 2.24) is 14.5 Å². The smallest absolute Gasteiger partial charge is 0.161 e. The lowest BCUT2D eigenvalue weighted by Crippen LogP contribution is -2.24. The summed E-state index contributed by atoms with van der Waals surface area (Å²) in [7, 11) is 5.44. The topological polar surface area (TPSA) is 39.5 Å². The summed E-state index contributed by atoms with van der Waals surface area (Å²) in [5.74, 6) is 1.47. The first-order valence-electron chi connectivity index (χ1n) is 9.21. The summed E-state index contributed by atoms with van der Waals surface area (Å²) < 4.78 is 13.0. The Morgan fingerprint density at radius 1 is 1.19 bits per heavy atom. The number of hydrogen-bond donors (Lipinski definition) is 0. The second kappa shape index (κ2) is 7.74. The average Bonchev–Trinajstić information content (AvgIpc) is 3.43. The zero-order valence-corrected chi connectivity index (χ0v) is 16.8. The maximum absolute atomic E-state index is 5.42. The lowest BCUT2D eigenvalue weighted by Gasteiger charge is -2.24. The third kappa shape index (κ3) is 3.59. The first-order chi connectivity index (χ1) is 13.2. The van der Waals surface area contributed by atoms with Gasteiger partial charge >= 0.3 is 0 Å². The molecule has 0 aliphatic carbocycles. The van der Waals surface area contributed by atoms with Crippen LogP contribution in [-0.2, 0) is 13.6 Å². The Morgan fingerprint density at radius 2 is 2.04 bits per heavy atom. The van der Waals surface area contributed by atoms with Gasteiger partial charge in [0.15, 0.2) is 11.5 Å². The van der Waals surface area contributed by atoms with Gasteiger partial charge in [-0.3, -0.25) is 4.90 Å². The van der Waals surface area contributed by atoms with E-state index in [1.807, 2.05) is 18.2 Å². The molecule has 0 N–H and O–H groups in total. The van der Waals surface area contributed by atoms with Crippen LogP contribution in [0, 0.1) is 0 Å². The number of rotatable bonds is 6. The molecule has 1 aliphatic heterocycles. The number of thiazole rings is 1. The lowest BCUT2D eigenvalue weighted by atomic mass is 10.1. The third-order valence-electron chi connectivity index (χ3n) is 5.24. The molecule has 0 radical (unpaired) electrons. The van der Waals surface area contributed by atoms with Crippen molar-refractivity contribution in [3.63, 3.8) is 0 Å². The number of aromatic nitrogens is 2. The molecular formula is C21H25N3O2S. The van der Waals surface area contributed by atoms with Crippen LogP contribution in [0.4, 0.5) is 0 Å². The Hall–Kier alpha value is -2.31. The van der Waals surface area contributed by atoms with E-state index in [0.717, 1.165) is 40.9 Å². The quantitative estimate of drug-likeness (QED) is 0.628. The van der Waals surface area contributed by atoms with E-state index in [4.69, 9.17) is 14.5 Å². The molecule has 0 saturated carbocycles. The highest BCUT2D eigenvalue weighted by molar-refractivity contribution is 7.13. The fourth-order valence-corrected chi connectivity index (χ4v) is 4.67. The van der Waals surface area contributed by atoms with Crippen molar-refractivity contribution in [3.05, 3.63) is 53.3 Å². The van der Waals surface area contributed by atoms with Gasteiger partial charge in [-0.2, -0.15) is 0 Å². The van der Waals surface area contributed by atoms with Crippen LogP contribution in [0.2, 0.25) is 0 Å². The monoisotopic (exact) mass is 383 g/mol. The average molecular weight is 384 g/mol. The second-order valence-corrected chi connectivity index (χ2v) is 7.74. The molecule has 27 heavy (non-hydrogen) atoms. The van der Waals surface area contributed by atoms with Gasteiger partial charge < -0.3 is 14.0 Å². The third-order valence-corrected chi connectivity index (χ3v) is 6.18. The lowest BCUT2D eigenvalue weighted by molar-refractivity contribution is 0.239. The van der Waals surface area contributed by atoms with Crippen LogP contribution in [0.25, 0.3) is 10.6 Å². The summed E-state index contributed by atoms with van der Waals surface area (Å²) in [6, 6.07) is 10.8. The number of ether oxygens (including phenoxy) is 2. The molecule has 1 atom stereocenters. The minimum Gasteiger partial charge on any atom is -0.493 e. The molecule has 0 unspecified atom stereocenters. The Balaban J connectivity index is 1.52. The van der Waals surface area contributed by atoms with Gasteiger partial charge in [0.1, 0.15) is 5.01 Å². The Kier molecular flexibility index (Phi) is 5.18. The van der Waals surface area contributed by atoms with Gasteiger partial charge in [-0.15, -0.1) is 11.3 Å². The van der Waals surface area contributed by atoms with Crippen molar-refractivity contribution in [3.8, 4) is 22.1 Å². The summed E-state index contributed by atoms with van der Waals surface area (Å²) in [4.78, 5) is 7.43. The molecule has 4 rings (SSSR count). The van der Waals surface area contributed by atoms with E-state index in [2.05, 4.69) is 40.2 Å². The van der Waals surface area contributed by atoms with E-state index in [0.29, 0.717) is 6.04 Å². The first kappa shape index (κ1) is 18.1. The largest absolute Gasteiger partial charge is 0.493 e. The van der Waals surface area contributed by atoms with Gasteiger partial charge in [0.25, 0.3) is 0 Å². The zero-order chi connectivity index (χ0) is 18.8. The minimum absolute atomic E-state index is 0.483. The SMILES string of the molecule is COc1ccc(-c2nc(CN3CCC[C@H]3c3cccn3C)cs2)cc1OC. The van der Waals surface area contributed by atoms with Crippen LogP contribution >= 0.6 is 11.3 Å². The first-order valence-corrected chi connectivity index (χ1v) is 10.1. The molecule has 0 bridgehead atoms. The highest BCUT2D eigenvalue weighted by Crippen LogP contribution is 2.36. The Labute approximate surface area is 164 Å². The van der Waals surface area contributed by atoms with E-state index in [1.54, 1.807) is 25.6 Å². The Bertz CT molecular complexity index is 918. The number of nitrogens with zero attached hydrogens (tertiary/aromatic N) is 3. The standard InChI is InChI=1S/C21H25N3O2S/c1-23-10-4-6-17(23)18-7-5-11-24(18)13-16-14-27-21(22-16)15-8-9-19(25-2)20(12-15)26-3/h4,6,8-10,12,14,18H,5,7,11,13H2,1-3H3/t18-/m0/s1. The second-order valence-electron chi connectivity index (χ2n) is 6.89. The molecular weight excluding hydrogens is 358 g/mol. The molecule has 1 aromatic carbocycles. The van der Waals surface area contributed by atoms with E-state index < -0.39 is 0 Å². The van der Waals surface area contributed by atoms with Crippen LogP contribution in [0.15, 0.2) is 41.9 Å². The number of likely N-dealkylation sites (tertiary alicyclic amines) is 1. The fourth-order valence-electron chi connectivity index (χ4n) is 3.86. The van der Waals surface area contributed by atoms with Crippen LogP contribution in [-0.4, -0.2) is 35.2 Å².